The summed E-state index contributed by atoms with van der Waals surface area (Å²) in [5.41, 5.74) is 11.9. The van der Waals surface area contributed by atoms with Gasteiger partial charge in [0, 0.05) is 24.3 Å². The lowest BCUT2D eigenvalue weighted by molar-refractivity contribution is 0.527. The van der Waals surface area contributed by atoms with Crippen LogP contribution in [0.25, 0.3) is 11.0 Å². The van der Waals surface area contributed by atoms with Crippen LogP contribution in [0.5, 0.6) is 0 Å². The lowest BCUT2D eigenvalue weighted by Gasteiger charge is -2.30. The fraction of sp³-hybridized carbons (Fsp3) is 0.409. The van der Waals surface area contributed by atoms with Crippen LogP contribution >= 0.6 is 10.0 Å². The third-order valence-corrected chi connectivity index (χ3v) is 10.9. The fourth-order valence-corrected chi connectivity index (χ4v) is 9.83. The number of rotatable bonds is 2. The fourth-order valence-electron chi connectivity index (χ4n) is 4.98. The number of benzene rings is 2. The molecular weight excluding hydrogens is 338 g/mol. The number of nitrogens with zero attached hydrogens (tertiary/aromatic N) is 2. The second-order valence-electron chi connectivity index (χ2n) is 8.12. The highest BCUT2D eigenvalue weighted by molar-refractivity contribution is 8.40. The molecule has 2 aromatic carbocycles. The molecular formula is C22H27N3S. The zero-order valence-electron chi connectivity index (χ0n) is 15.6. The molecule has 5 rings (SSSR count). The van der Waals surface area contributed by atoms with Crippen LogP contribution < -0.4 is 5.73 Å². The van der Waals surface area contributed by atoms with Gasteiger partial charge in [0.15, 0.2) is 0 Å². The SMILES string of the molecule is Cc1cc(S23CC2CC[C@@H](N)[C@@H](c2ccccc2)C3)cc2ncn(C)c12. The van der Waals surface area contributed by atoms with Crippen LogP contribution in [0.15, 0.2) is 53.7 Å². The van der Waals surface area contributed by atoms with E-state index in [-0.39, 0.29) is 6.04 Å². The molecule has 2 saturated heterocycles. The summed E-state index contributed by atoms with van der Waals surface area (Å²) in [7, 11) is 1.33. The van der Waals surface area contributed by atoms with Crippen LogP contribution in [-0.2, 0) is 7.05 Å². The Hall–Kier alpha value is -1.78. The lowest BCUT2D eigenvalue weighted by Crippen LogP contribution is -2.30. The molecule has 26 heavy (non-hydrogen) atoms. The molecule has 2 aliphatic rings. The summed E-state index contributed by atoms with van der Waals surface area (Å²) in [5, 5.41) is 0.864. The lowest BCUT2D eigenvalue weighted by atomic mass is 9.91. The number of hydrogen-bond donors (Lipinski definition) is 1. The van der Waals surface area contributed by atoms with Crippen LogP contribution in [0.2, 0.25) is 0 Å². The maximum absolute atomic E-state index is 6.65. The van der Waals surface area contributed by atoms with Gasteiger partial charge < -0.3 is 10.3 Å². The van der Waals surface area contributed by atoms with E-state index in [0.29, 0.717) is 5.92 Å². The first-order valence-electron chi connectivity index (χ1n) is 9.58. The molecule has 2 N–H and O–H groups in total. The number of nitrogens with two attached hydrogens (primary N) is 1. The van der Waals surface area contributed by atoms with Gasteiger partial charge in [-0.05, 0) is 59.4 Å². The van der Waals surface area contributed by atoms with Gasteiger partial charge in [0.2, 0.25) is 0 Å². The summed E-state index contributed by atoms with van der Waals surface area (Å²) in [5.74, 6) is 3.13. The van der Waals surface area contributed by atoms with Crippen molar-refractivity contribution in [1.29, 1.82) is 0 Å². The third kappa shape index (κ3) is 2.43. The van der Waals surface area contributed by atoms with Crippen molar-refractivity contribution in [3.8, 4) is 0 Å². The van der Waals surface area contributed by atoms with E-state index in [1.165, 1.54) is 34.6 Å². The minimum Gasteiger partial charge on any atom is -0.334 e. The average molecular weight is 366 g/mol. The molecule has 2 fully saturated rings. The van der Waals surface area contributed by atoms with E-state index in [4.69, 9.17) is 5.73 Å². The molecule has 1 aromatic heterocycles. The van der Waals surface area contributed by atoms with E-state index < -0.39 is 10.0 Å². The molecule has 2 unspecified atom stereocenters. The Kier molecular flexibility index (Phi) is 3.70. The predicted octanol–water partition coefficient (Wildman–Crippen LogP) is 4.33. The van der Waals surface area contributed by atoms with Crippen LogP contribution in [0.4, 0.5) is 0 Å². The van der Waals surface area contributed by atoms with Gasteiger partial charge in [0.1, 0.15) is 0 Å². The van der Waals surface area contributed by atoms with Crippen molar-refractivity contribution in [3.05, 3.63) is 59.9 Å². The van der Waals surface area contributed by atoms with Crippen molar-refractivity contribution in [2.45, 2.75) is 41.9 Å². The van der Waals surface area contributed by atoms with E-state index in [0.717, 1.165) is 17.2 Å². The summed E-state index contributed by atoms with van der Waals surface area (Å²) in [6.07, 6.45) is 4.39. The summed E-state index contributed by atoms with van der Waals surface area (Å²) < 4.78 is 2.14. The summed E-state index contributed by atoms with van der Waals surface area (Å²) in [6.45, 7) is 2.23. The molecule has 0 spiro atoms. The second-order valence-corrected chi connectivity index (χ2v) is 11.8. The van der Waals surface area contributed by atoms with Gasteiger partial charge in [-0.3, -0.25) is 0 Å². The number of aromatic nitrogens is 2. The monoisotopic (exact) mass is 365 g/mol. The second kappa shape index (κ2) is 5.86. The number of imidazole rings is 1. The summed E-state index contributed by atoms with van der Waals surface area (Å²) >= 11 is 0. The van der Waals surface area contributed by atoms with Crippen molar-refractivity contribution < 1.29 is 0 Å². The first-order chi connectivity index (χ1) is 12.6. The topological polar surface area (TPSA) is 43.8 Å². The quantitative estimate of drug-likeness (QED) is 0.687. The van der Waals surface area contributed by atoms with Crippen molar-refractivity contribution >= 4 is 21.1 Å². The van der Waals surface area contributed by atoms with Crippen molar-refractivity contribution in [3.63, 3.8) is 0 Å². The number of hydrogen-bond acceptors (Lipinski definition) is 2. The number of aryl methyl sites for hydroxylation is 2. The Morgan fingerprint density at radius 3 is 2.73 bits per heavy atom. The normalized spacial score (nSPS) is 33.3. The predicted molar refractivity (Wildman–Crippen MR) is 111 cm³/mol. The maximum Gasteiger partial charge on any atom is 0.0955 e. The van der Waals surface area contributed by atoms with Crippen LogP contribution in [-0.4, -0.2) is 32.3 Å². The standard InChI is InChI=1S/C22H27N3S/c1-15-10-18(11-21-22(15)25(2)14-24-21)26-12-17(26)8-9-20(23)19(13-26)16-6-4-3-5-7-16/h3-7,10-11,14,17,19-20H,8-9,12-13,23H2,1-2H3/t17?,19-,20-/m1/s1. The Bertz CT molecular complexity index is 964. The van der Waals surface area contributed by atoms with Gasteiger partial charge in [-0.25, -0.2) is 15.0 Å². The first-order valence-corrected chi connectivity index (χ1v) is 11.6. The smallest absolute Gasteiger partial charge is 0.0955 e. The van der Waals surface area contributed by atoms with Gasteiger partial charge in [-0.15, -0.1) is 0 Å². The Morgan fingerprint density at radius 1 is 1.12 bits per heavy atom. The van der Waals surface area contributed by atoms with Crippen molar-refractivity contribution in [2.24, 2.45) is 12.8 Å². The van der Waals surface area contributed by atoms with Crippen molar-refractivity contribution in [2.75, 3.05) is 11.5 Å². The zero-order chi connectivity index (χ0) is 17.9. The van der Waals surface area contributed by atoms with Gasteiger partial charge in [-0.1, -0.05) is 30.3 Å². The highest BCUT2D eigenvalue weighted by atomic mass is 32.3. The minimum atomic E-state index is -0.753. The largest absolute Gasteiger partial charge is 0.334 e. The molecule has 0 aliphatic carbocycles. The number of fused-ring (bicyclic) bond motifs is 2. The van der Waals surface area contributed by atoms with Gasteiger partial charge in [0.05, 0.1) is 17.4 Å². The molecule has 3 nitrogen and oxygen atoms in total. The zero-order valence-corrected chi connectivity index (χ0v) is 16.4. The van der Waals surface area contributed by atoms with Gasteiger partial charge >= 0.3 is 0 Å². The molecule has 0 radical (unpaired) electrons. The molecule has 3 aromatic rings. The van der Waals surface area contributed by atoms with E-state index in [1.807, 2.05) is 6.33 Å². The minimum absolute atomic E-state index is 0.286. The van der Waals surface area contributed by atoms with E-state index in [1.54, 1.807) is 4.90 Å². The molecule has 0 saturated carbocycles. The summed E-state index contributed by atoms with van der Waals surface area (Å²) in [4.78, 5) is 6.22. The molecule has 4 heteroatoms. The summed E-state index contributed by atoms with van der Waals surface area (Å²) in [6, 6.07) is 16.1. The highest BCUT2D eigenvalue weighted by Gasteiger charge is 2.53. The molecule has 4 atom stereocenters. The average Bonchev–Trinajstić information content (AvgIpc) is 3.26. The van der Waals surface area contributed by atoms with Crippen molar-refractivity contribution in [1.82, 2.24) is 9.55 Å². The Labute approximate surface area is 156 Å². The van der Waals surface area contributed by atoms with Gasteiger partial charge in [-0.2, -0.15) is 0 Å². The molecule has 2 aliphatic heterocycles. The van der Waals surface area contributed by atoms with E-state index in [2.05, 4.69) is 66.0 Å². The Balaban J connectivity index is 1.58. The molecule has 136 valence electrons. The Morgan fingerprint density at radius 2 is 1.92 bits per heavy atom. The van der Waals surface area contributed by atoms with Crippen LogP contribution in [0.1, 0.15) is 29.9 Å². The van der Waals surface area contributed by atoms with E-state index in [9.17, 15) is 0 Å². The van der Waals surface area contributed by atoms with Crippen LogP contribution in [0, 0.1) is 6.92 Å². The highest BCUT2D eigenvalue weighted by Crippen LogP contribution is 2.77. The first kappa shape index (κ1) is 16.4. The molecule has 3 heterocycles. The van der Waals surface area contributed by atoms with Gasteiger partial charge in [0.25, 0.3) is 0 Å². The third-order valence-electron chi connectivity index (χ3n) is 6.50. The molecule has 0 bridgehead atoms. The maximum atomic E-state index is 6.65. The van der Waals surface area contributed by atoms with E-state index >= 15 is 0 Å². The van der Waals surface area contributed by atoms with Crippen LogP contribution in [0.3, 0.4) is 0 Å². The molecule has 0 amide bonds.